The molecule has 0 aliphatic heterocycles. The number of carbonyl (C=O) groups is 1. The first-order valence-electron chi connectivity index (χ1n) is 10.4. The molecule has 8 heteroatoms. The summed E-state index contributed by atoms with van der Waals surface area (Å²) in [7, 11) is -2.11. The molecule has 0 spiro atoms. The zero-order valence-electron chi connectivity index (χ0n) is 18.2. The zero-order chi connectivity index (χ0) is 23.7. The second-order valence-corrected chi connectivity index (χ2v) is 9.21. The number of nitrogens with one attached hydrogen (secondary N) is 2. The summed E-state index contributed by atoms with van der Waals surface area (Å²) in [5.74, 6) is 0.539. The molecule has 0 saturated heterocycles. The first kappa shape index (κ1) is 24.0. The van der Waals surface area contributed by atoms with Crippen LogP contribution in [0.25, 0.3) is 0 Å². The SMILES string of the molecule is CNS(=O)(=O)c1ccc(CCC(=O)Nc2ccccc2COc2ccc(CC#N)cc2)cc1. The summed E-state index contributed by atoms with van der Waals surface area (Å²) in [4.78, 5) is 12.7. The van der Waals surface area contributed by atoms with Crippen LogP contribution in [-0.2, 0) is 34.3 Å². The van der Waals surface area contributed by atoms with Gasteiger partial charge in [-0.25, -0.2) is 13.1 Å². The van der Waals surface area contributed by atoms with Crippen LogP contribution in [-0.4, -0.2) is 21.4 Å². The van der Waals surface area contributed by atoms with Crippen LogP contribution in [0.3, 0.4) is 0 Å². The van der Waals surface area contributed by atoms with E-state index in [9.17, 15) is 13.2 Å². The van der Waals surface area contributed by atoms with Crippen molar-refractivity contribution in [2.75, 3.05) is 12.4 Å². The van der Waals surface area contributed by atoms with Gasteiger partial charge in [-0.1, -0.05) is 42.5 Å². The number of hydrogen-bond acceptors (Lipinski definition) is 5. The van der Waals surface area contributed by atoms with Crippen molar-refractivity contribution in [1.82, 2.24) is 4.72 Å². The van der Waals surface area contributed by atoms with Crippen molar-refractivity contribution in [2.45, 2.75) is 30.8 Å². The van der Waals surface area contributed by atoms with Crippen LogP contribution in [0.5, 0.6) is 5.75 Å². The number of para-hydroxylation sites is 1. The highest BCUT2D eigenvalue weighted by molar-refractivity contribution is 7.89. The number of aryl methyl sites for hydroxylation is 1. The summed E-state index contributed by atoms with van der Waals surface area (Å²) in [5.41, 5.74) is 3.32. The molecule has 0 atom stereocenters. The van der Waals surface area contributed by atoms with Gasteiger partial charge in [0.1, 0.15) is 12.4 Å². The maximum absolute atomic E-state index is 12.5. The van der Waals surface area contributed by atoms with Gasteiger partial charge in [0.05, 0.1) is 17.4 Å². The number of hydrogen-bond donors (Lipinski definition) is 2. The molecule has 0 heterocycles. The van der Waals surface area contributed by atoms with Gasteiger partial charge in [0.15, 0.2) is 0 Å². The third-order valence-corrected chi connectivity index (χ3v) is 6.47. The zero-order valence-corrected chi connectivity index (χ0v) is 19.1. The Bertz CT molecular complexity index is 1230. The molecule has 3 aromatic rings. The summed E-state index contributed by atoms with van der Waals surface area (Å²) >= 11 is 0. The van der Waals surface area contributed by atoms with E-state index in [-0.39, 0.29) is 23.8 Å². The lowest BCUT2D eigenvalue weighted by molar-refractivity contribution is -0.116. The quantitative estimate of drug-likeness (QED) is 0.475. The highest BCUT2D eigenvalue weighted by atomic mass is 32.2. The molecule has 0 radical (unpaired) electrons. The van der Waals surface area contributed by atoms with Gasteiger partial charge in [0.2, 0.25) is 15.9 Å². The molecule has 0 bridgehead atoms. The number of carbonyl (C=O) groups excluding carboxylic acids is 1. The van der Waals surface area contributed by atoms with Gasteiger partial charge in [-0.15, -0.1) is 0 Å². The third kappa shape index (κ3) is 6.91. The van der Waals surface area contributed by atoms with E-state index in [0.717, 1.165) is 16.7 Å². The number of amides is 1. The van der Waals surface area contributed by atoms with E-state index in [0.29, 0.717) is 24.3 Å². The molecular weight excluding hydrogens is 438 g/mol. The van der Waals surface area contributed by atoms with Gasteiger partial charge in [0, 0.05) is 17.7 Å². The molecule has 0 aliphatic carbocycles. The molecular formula is C25H25N3O4S. The molecule has 0 fully saturated rings. The number of sulfonamides is 1. The molecule has 0 aliphatic rings. The molecule has 1 amide bonds. The molecule has 3 aromatic carbocycles. The van der Waals surface area contributed by atoms with Gasteiger partial charge >= 0.3 is 0 Å². The largest absolute Gasteiger partial charge is 0.489 e. The predicted octanol–water partition coefficient (Wildman–Crippen LogP) is 3.81. The van der Waals surface area contributed by atoms with Crippen molar-refractivity contribution in [3.63, 3.8) is 0 Å². The molecule has 7 nitrogen and oxygen atoms in total. The summed E-state index contributed by atoms with van der Waals surface area (Å²) in [5, 5.41) is 11.7. The number of rotatable bonds is 10. The number of ether oxygens (including phenoxy) is 1. The first-order valence-corrected chi connectivity index (χ1v) is 11.9. The molecule has 0 unspecified atom stereocenters. The van der Waals surface area contributed by atoms with Crippen molar-refractivity contribution in [3.8, 4) is 11.8 Å². The van der Waals surface area contributed by atoms with Gasteiger partial charge in [0.25, 0.3) is 0 Å². The minimum Gasteiger partial charge on any atom is -0.489 e. The van der Waals surface area contributed by atoms with Crippen LogP contribution < -0.4 is 14.8 Å². The second kappa shape index (κ2) is 11.3. The van der Waals surface area contributed by atoms with Crippen LogP contribution in [0.1, 0.15) is 23.1 Å². The standard InChI is InChI=1S/C25H25N3O4S/c1-27-33(30,31)23-13-8-19(9-14-23)10-15-25(29)28-24-5-3-2-4-21(24)18-32-22-11-6-20(7-12-22)16-17-26/h2-9,11-14,27H,10,15-16,18H2,1H3,(H,28,29). The summed E-state index contributed by atoms with van der Waals surface area (Å²) in [6.45, 7) is 0.287. The lowest BCUT2D eigenvalue weighted by Gasteiger charge is -2.13. The molecule has 2 N–H and O–H groups in total. The van der Waals surface area contributed by atoms with Crippen molar-refractivity contribution in [1.29, 1.82) is 5.26 Å². The number of anilines is 1. The third-order valence-electron chi connectivity index (χ3n) is 5.04. The average molecular weight is 464 g/mol. The highest BCUT2D eigenvalue weighted by Gasteiger charge is 2.11. The van der Waals surface area contributed by atoms with E-state index in [2.05, 4.69) is 16.1 Å². The van der Waals surface area contributed by atoms with E-state index in [1.807, 2.05) is 48.5 Å². The van der Waals surface area contributed by atoms with Crippen LogP contribution >= 0.6 is 0 Å². The summed E-state index contributed by atoms with van der Waals surface area (Å²) < 4.78 is 31.7. The van der Waals surface area contributed by atoms with Crippen molar-refractivity contribution in [3.05, 3.63) is 89.5 Å². The normalized spacial score (nSPS) is 10.9. The highest BCUT2D eigenvalue weighted by Crippen LogP contribution is 2.20. The van der Waals surface area contributed by atoms with E-state index >= 15 is 0 Å². The van der Waals surface area contributed by atoms with E-state index in [1.165, 1.54) is 19.2 Å². The summed E-state index contributed by atoms with van der Waals surface area (Å²) in [6.07, 6.45) is 1.10. The Balaban J connectivity index is 1.55. The van der Waals surface area contributed by atoms with Gasteiger partial charge in [-0.3, -0.25) is 4.79 Å². The Morgan fingerprint density at radius 3 is 2.30 bits per heavy atom. The minimum atomic E-state index is -3.48. The van der Waals surface area contributed by atoms with Crippen LogP contribution in [0.2, 0.25) is 0 Å². The van der Waals surface area contributed by atoms with Crippen LogP contribution in [0.15, 0.2) is 77.7 Å². The molecule has 0 saturated carbocycles. The Hall–Kier alpha value is -3.67. The second-order valence-electron chi connectivity index (χ2n) is 7.32. The Morgan fingerprint density at radius 1 is 0.970 bits per heavy atom. The van der Waals surface area contributed by atoms with E-state index in [4.69, 9.17) is 10.00 Å². The molecule has 33 heavy (non-hydrogen) atoms. The average Bonchev–Trinajstić information content (AvgIpc) is 2.83. The van der Waals surface area contributed by atoms with Crippen molar-refractivity contribution in [2.24, 2.45) is 0 Å². The molecule has 170 valence electrons. The Kier molecular flexibility index (Phi) is 8.19. The van der Waals surface area contributed by atoms with Gasteiger partial charge < -0.3 is 10.1 Å². The molecule has 0 aromatic heterocycles. The lowest BCUT2D eigenvalue weighted by Crippen LogP contribution is -2.18. The predicted molar refractivity (Wildman–Crippen MR) is 126 cm³/mol. The maximum Gasteiger partial charge on any atom is 0.240 e. The topological polar surface area (TPSA) is 108 Å². The fraction of sp³-hybridized carbons (Fsp3) is 0.200. The van der Waals surface area contributed by atoms with Crippen LogP contribution in [0.4, 0.5) is 5.69 Å². The fourth-order valence-electron chi connectivity index (χ4n) is 3.15. The van der Waals surface area contributed by atoms with Crippen LogP contribution in [0, 0.1) is 11.3 Å². The monoisotopic (exact) mass is 463 g/mol. The van der Waals surface area contributed by atoms with Crippen molar-refractivity contribution < 1.29 is 17.9 Å². The number of nitriles is 1. The van der Waals surface area contributed by atoms with Gasteiger partial charge in [-0.05, 0) is 54.9 Å². The molecule has 3 rings (SSSR count). The summed E-state index contributed by atoms with van der Waals surface area (Å²) in [6, 6.07) is 23.4. The lowest BCUT2D eigenvalue weighted by atomic mass is 10.1. The van der Waals surface area contributed by atoms with Crippen molar-refractivity contribution >= 4 is 21.6 Å². The van der Waals surface area contributed by atoms with E-state index in [1.54, 1.807) is 12.1 Å². The Morgan fingerprint density at radius 2 is 1.64 bits per heavy atom. The fourth-order valence-corrected chi connectivity index (χ4v) is 3.88. The first-order chi connectivity index (χ1) is 15.9. The number of benzene rings is 3. The maximum atomic E-state index is 12.5. The van der Waals surface area contributed by atoms with E-state index < -0.39 is 10.0 Å². The van der Waals surface area contributed by atoms with Gasteiger partial charge in [-0.2, -0.15) is 5.26 Å². The number of nitrogens with zero attached hydrogens (tertiary/aromatic N) is 1. The Labute approximate surface area is 194 Å². The minimum absolute atomic E-state index is 0.143. The smallest absolute Gasteiger partial charge is 0.240 e.